The molecule has 12 heavy (non-hydrogen) atoms. The van der Waals surface area contributed by atoms with Crippen LogP contribution in [-0.2, 0) is 4.57 Å². The Bertz CT molecular complexity index is 178. The van der Waals surface area contributed by atoms with Gasteiger partial charge in [-0.25, -0.2) is 0 Å². The van der Waals surface area contributed by atoms with Gasteiger partial charge in [-0.2, -0.15) is 13.2 Å². The molecule has 2 nitrogen and oxygen atoms in total. The highest BCUT2D eigenvalue weighted by molar-refractivity contribution is 7.58. The smallest absolute Gasteiger partial charge is 0.344 e. The lowest BCUT2D eigenvalue weighted by Crippen LogP contribution is -2.15. The molecular formula is C6H12F3O2P. The minimum atomic E-state index is -4.53. The highest BCUT2D eigenvalue weighted by atomic mass is 31.2. The normalized spacial score (nSPS) is 17.4. The predicted molar refractivity (Wildman–Crippen MR) is 40.5 cm³/mol. The molecule has 1 atom stereocenters. The molecule has 0 saturated carbocycles. The standard InChI is InChI=1S/C6H12F3O2P/c1-2-3-4-12(10,11)5-6(7,8)9/h2-5H2,1H3,(H,10,11). The summed E-state index contributed by atoms with van der Waals surface area (Å²) in [5, 5.41) is 0. The topological polar surface area (TPSA) is 37.3 Å². The van der Waals surface area contributed by atoms with Crippen molar-refractivity contribution in [2.45, 2.75) is 25.9 Å². The predicted octanol–water partition coefficient (Wildman–Crippen LogP) is 2.62. The zero-order chi connectivity index (χ0) is 9.83. The molecule has 0 heterocycles. The summed E-state index contributed by atoms with van der Waals surface area (Å²) in [7, 11) is -3.96. The Morgan fingerprint density at radius 1 is 1.42 bits per heavy atom. The molecule has 0 aromatic heterocycles. The second-order valence-electron chi connectivity index (χ2n) is 2.70. The van der Waals surface area contributed by atoms with Crippen LogP contribution in [0.1, 0.15) is 19.8 Å². The van der Waals surface area contributed by atoms with Crippen molar-refractivity contribution in [3.63, 3.8) is 0 Å². The number of rotatable bonds is 4. The van der Waals surface area contributed by atoms with Gasteiger partial charge in [-0.3, -0.25) is 4.57 Å². The molecule has 0 aliphatic heterocycles. The van der Waals surface area contributed by atoms with E-state index in [1.807, 2.05) is 0 Å². The lowest BCUT2D eigenvalue weighted by atomic mass is 10.4. The molecule has 74 valence electrons. The van der Waals surface area contributed by atoms with Gasteiger partial charge in [0.05, 0.1) is 0 Å². The van der Waals surface area contributed by atoms with E-state index >= 15 is 0 Å². The summed E-state index contributed by atoms with van der Waals surface area (Å²) >= 11 is 0. The first-order valence-corrected chi connectivity index (χ1v) is 5.67. The average Bonchev–Trinajstić information content (AvgIpc) is 1.78. The monoisotopic (exact) mass is 204 g/mol. The Labute approximate surface area is 69.2 Å². The summed E-state index contributed by atoms with van der Waals surface area (Å²) in [5.41, 5.74) is 0. The zero-order valence-corrected chi connectivity index (χ0v) is 7.66. The number of hydrogen-bond donors (Lipinski definition) is 1. The number of halogens is 3. The Kier molecular flexibility index (Phi) is 4.28. The maximum Gasteiger partial charge on any atom is 0.397 e. The van der Waals surface area contributed by atoms with Gasteiger partial charge >= 0.3 is 6.18 Å². The van der Waals surface area contributed by atoms with E-state index in [1.54, 1.807) is 6.92 Å². The Hall–Kier alpha value is -0.0200. The quantitative estimate of drug-likeness (QED) is 0.714. The molecule has 0 bridgehead atoms. The highest BCUT2D eigenvalue weighted by Gasteiger charge is 2.37. The molecule has 0 radical (unpaired) electrons. The first-order chi connectivity index (χ1) is 5.27. The third kappa shape index (κ3) is 6.68. The van der Waals surface area contributed by atoms with Crippen LogP contribution in [0.5, 0.6) is 0 Å². The van der Waals surface area contributed by atoms with Crippen molar-refractivity contribution in [3.8, 4) is 0 Å². The third-order valence-electron chi connectivity index (χ3n) is 1.29. The van der Waals surface area contributed by atoms with Crippen molar-refractivity contribution in [2.24, 2.45) is 0 Å². The molecule has 1 unspecified atom stereocenters. The minimum Gasteiger partial charge on any atom is -0.344 e. The first-order valence-electron chi connectivity index (χ1n) is 3.64. The van der Waals surface area contributed by atoms with Crippen LogP contribution in [-0.4, -0.2) is 23.4 Å². The van der Waals surface area contributed by atoms with Crippen LogP contribution >= 0.6 is 7.37 Å². The maximum atomic E-state index is 11.6. The Morgan fingerprint density at radius 3 is 2.25 bits per heavy atom. The summed E-state index contributed by atoms with van der Waals surface area (Å²) < 4.78 is 45.8. The van der Waals surface area contributed by atoms with Crippen LogP contribution in [0.2, 0.25) is 0 Å². The van der Waals surface area contributed by atoms with E-state index in [4.69, 9.17) is 4.89 Å². The molecule has 0 saturated heterocycles. The average molecular weight is 204 g/mol. The van der Waals surface area contributed by atoms with Gasteiger partial charge < -0.3 is 4.89 Å². The fraction of sp³-hybridized carbons (Fsp3) is 1.00. The van der Waals surface area contributed by atoms with Gasteiger partial charge in [-0.05, 0) is 6.42 Å². The van der Waals surface area contributed by atoms with Crippen LogP contribution in [0.25, 0.3) is 0 Å². The summed E-state index contributed by atoms with van der Waals surface area (Å²) in [5.74, 6) is 0. The van der Waals surface area contributed by atoms with E-state index in [0.717, 1.165) is 0 Å². The fourth-order valence-electron chi connectivity index (χ4n) is 0.764. The molecule has 0 fully saturated rings. The van der Waals surface area contributed by atoms with E-state index in [1.165, 1.54) is 0 Å². The molecule has 0 spiro atoms. The second-order valence-corrected chi connectivity index (χ2v) is 5.15. The molecule has 0 aromatic rings. The summed E-state index contributed by atoms with van der Waals surface area (Å²) in [4.78, 5) is 8.82. The van der Waals surface area contributed by atoms with Crippen molar-refractivity contribution in [3.05, 3.63) is 0 Å². The molecule has 0 aliphatic carbocycles. The van der Waals surface area contributed by atoms with Crippen molar-refractivity contribution in [1.29, 1.82) is 0 Å². The summed E-state index contributed by atoms with van der Waals surface area (Å²) in [6.07, 6.45) is -5.33. The SMILES string of the molecule is CCCCP(=O)(O)CC(F)(F)F. The van der Waals surface area contributed by atoms with Crippen molar-refractivity contribution in [1.82, 2.24) is 0 Å². The molecule has 0 aromatic carbocycles. The largest absolute Gasteiger partial charge is 0.397 e. The number of unbranched alkanes of at least 4 members (excludes halogenated alkanes) is 1. The van der Waals surface area contributed by atoms with Gasteiger partial charge in [-0.15, -0.1) is 0 Å². The molecule has 6 heteroatoms. The van der Waals surface area contributed by atoms with E-state index < -0.39 is 19.7 Å². The van der Waals surface area contributed by atoms with E-state index in [-0.39, 0.29) is 6.16 Å². The van der Waals surface area contributed by atoms with Crippen molar-refractivity contribution < 1.29 is 22.6 Å². The summed E-state index contributed by atoms with van der Waals surface area (Å²) in [6, 6.07) is 0. The first kappa shape index (κ1) is 12.0. The van der Waals surface area contributed by atoms with E-state index in [9.17, 15) is 17.7 Å². The third-order valence-corrected chi connectivity index (χ3v) is 3.16. The Morgan fingerprint density at radius 2 is 1.92 bits per heavy atom. The fourth-order valence-corrected chi connectivity index (χ4v) is 2.29. The van der Waals surface area contributed by atoms with Gasteiger partial charge in [0.15, 0.2) is 0 Å². The molecular weight excluding hydrogens is 192 g/mol. The van der Waals surface area contributed by atoms with Crippen LogP contribution in [0.4, 0.5) is 13.2 Å². The summed E-state index contributed by atoms with van der Waals surface area (Å²) in [6.45, 7) is 1.76. The number of hydrogen-bond acceptors (Lipinski definition) is 1. The molecule has 0 rings (SSSR count). The van der Waals surface area contributed by atoms with Gasteiger partial charge in [0.2, 0.25) is 7.37 Å². The minimum absolute atomic E-state index is 0.233. The van der Waals surface area contributed by atoms with Crippen LogP contribution in [0.15, 0.2) is 0 Å². The van der Waals surface area contributed by atoms with Gasteiger partial charge in [-0.1, -0.05) is 13.3 Å². The van der Waals surface area contributed by atoms with Gasteiger partial charge in [0.1, 0.15) is 6.16 Å². The van der Waals surface area contributed by atoms with Gasteiger partial charge in [0.25, 0.3) is 0 Å². The van der Waals surface area contributed by atoms with Crippen molar-refractivity contribution in [2.75, 3.05) is 12.3 Å². The number of alkyl halides is 3. The highest BCUT2D eigenvalue weighted by Crippen LogP contribution is 2.46. The maximum absolute atomic E-state index is 11.6. The Balaban J connectivity index is 3.96. The lowest BCUT2D eigenvalue weighted by molar-refractivity contribution is -0.107. The molecule has 1 N–H and O–H groups in total. The zero-order valence-electron chi connectivity index (χ0n) is 6.76. The van der Waals surface area contributed by atoms with Crippen LogP contribution in [0, 0.1) is 0 Å². The van der Waals surface area contributed by atoms with Crippen LogP contribution in [0.3, 0.4) is 0 Å². The van der Waals surface area contributed by atoms with Crippen molar-refractivity contribution >= 4 is 7.37 Å². The van der Waals surface area contributed by atoms with Gasteiger partial charge in [0, 0.05) is 6.16 Å². The second kappa shape index (κ2) is 4.28. The lowest BCUT2D eigenvalue weighted by Gasteiger charge is -2.12. The molecule has 0 amide bonds. The van der Waals surface area contributed by atoms with E-state index in [2.05, 4.69) is 0 Å². The van der Waals surface area contributed by atoms with Crippen LogP contribution < -0.4 is 0 Å². The van der Waals surface area contributed by atoms with E-state index in [0.29, 0.717) is 12.8 Å². The molecule has 0 aliphatic rings.